The fourth-order valence-electron chi connectivity index (χ4n) is 4.18. The first-order chi connectivity index (χ1) is 12.4. The van der Waals surface area contributed by atoms with E-state index in [9.17, 15) is 4.79 Å². The van der Waals surface area contributed by atoms with E-state index < -0.39 is 0 Å². The van der Waals surface area contributed by atoms with Crippen molar-refractivity contribution in [2.75, 3.05) is 13.7 Å². The highest BCUT2D eigenvalue weighted by atomic mass is 16.5. The van der Waals surface area contributed by atoms with Gasteiger partial charge in [0.2, 0.25) is 5.91 Å². The van der Waals surface area contributed by atoms with Crippen LogP contribution in [-0.2, 0) is 30.6 Å². The maximum atomic E-state index is 11.1. The molecule has 0 bridgehead atoms. The number of rotatable bonds is 6. The van der Waals surface area contributed by atoms with Crippen molar-refractivity contribution < 1.29 is 9.53 Å². The lowest BCUT2D eigenvalue weighted by molar-refractivity contribution is -0.118. The molecule has 2 aromatic rings. The molecule has 0 spiro atoms. The lowest BCUT2D eigenvalue weighted by Crippen LogP contribution is -2.25. The first kappa shape index (κ1) is 18.5. The van der Waals surface area contributed by atoms with Gasteiger partial charge in [-0.3, -0.25) is 9.48 Å². The summed E-state index contributed by atoms with van der Waals surface area (Å²) in [6.07, 6.45) is 4.36. The molecule has 1 aromatic carbocycles. The Morgan fingerprint density at radius 3 is 2.69 bits per heavy atom. The number of benzene rings is 1. The van der Waals surface area contributed by atoms with Gasteiger partial charge in [0.25, 0.3) is 0 Å². The molecule has 0 aliphatic heterocycles. The SMILES string of the molecule is COc1c(C)cc(Cc2c(C)nn(CCNC(C)=O)c2C)c2c1CCC2. The van der Waals surface area contributed by atoms with Gasteiger partial charge in [0.05, 0.1) is 19.3 Å². The van der Waals surface area contributed by atoms with Crippen molar-refractivity contribution in [3.05, 3.63) is 45.3 Å². The van der Waals surface area contributed by atoms with Gasteiger partial charge in [0, 0.05) is 31.1 Å². The fraction of sp³-hybridized carbons (Fsp3) is 0.524. The molecule has 1 aliphatic rings. The van der Waals surface area contributed by atoms with Gasteiger partial charge in [-0.15, -0.1) is 0 Å². The predicted octanol–water partition coefficient (Wildman–Crippen LogP) is 3.03. The number of nitrogens with zero attached hydrogens (tertiary/aromatic N) is 2. The molecule has 0 unspecified atom stereocenters. The summed E-state index contributed by atoms with van der Waals surface area (Å²) < 4.78 is 7.67. The van der Waals surface area contributed by atoms with Gasteiger partial charge in [0.1, 0.15) is 5.75 Å². The van der Waals surface area contributed by atoms with E-state index in [1.807, 2.05) is 4.68 Å². The second-order valence-corrected chi connectivity index (χ2v) is 7.23. The highest BCUT2D eigenvalue weighted by Gasteiger charge is 2.23. The lowest BCUT2D eigenvalue weighted by atomic mass is 9.93. The van der Waals surface area contributed by atoms with Crippen LogP contribution < -0.4 is 10.1 Å². The number of nitrogens with one attached hydrogen (secondary N) is 1. The van der Waals surface area contributed by atoms with E-state index in [0.29, 0.717) is 13.1 Å². The molecule has 0 radical (unpaired) electrons. The molecule has 140 valence electrons. The van der Waals surface area contributed by atoms with Crippen LogP contribution in [-0.4, -0.2) is 29.3 Å². The van der Waals surface area contributed by atoms with Gasteiger partial charge in [-0.25, -0.2) is 0 Å². The molecule has 1 aliphatic carbocycles. The van der Waals surface area contributed by atoms with Crippen LogP contribution in [0, 0.1) is 20.8 Å². The maximum Gasteiger partial charge on any atom is 0.216 e. The van der Waals surface area contributed by atoms with Crippen LogP contribution in [0.1, 0.15) is 52.5 Å². The Morgan fingerprint density at radius 2 is 2.00 bits per heavy atom. The van der Waals surface area contributed by atoms with Crippen molar-refractivity contribution in [3.63, 3.8) is 0 Å². The highest BCUT2D eigenvalue weighted by Crippen LogP contribution is 2.37. The summed E-state index contributed by atoms with van der Waals surface area (Å²) in [5.74, 6) is 1.07. The maximum absolute atomic E-state index is 11.1. The van der Waals surface area contributed by atoms with E-state index in [-0.39, 0.29) is 5.91 Å². The topological polar surface area (TPSA) is 56.1 Å². The van der Waals surface area contributed by atoms with Gasteiger partial charge in [-0.2, -0.15) is 5.10 Å². The molecule has 1 amide bonds. The summed E-state index contributed by atoms with van der Waals surface area (Å²) in [6.45, 7) is 9.18. The molecule has 0 saturated carbocycles. The second kappa shape index (κ2) is 7.52. The van der Waals surface area contributed by atoms with E-state index >= 15 is 0 Å². The first-order valence-electron chi connectivity index (χ1n) is 9.38. The Bertz CT molecular complexity index is 837. The molecule has 5 heteroatoms. The molecule has 5 nitrogen and oxygen atoms in total. The summed E-state index contributed by atoms with van der Waals surface area (Å²) in [7, 11) is 1.77. The normalized spacial score (nSPS) is 13.0. The molecular weight excluding hydrogens is 326 g/mol. The Labute approximate surface area is 155 Å². The van der Waals surface area contributed by atoms with Crippen molar-refractivity contribution in [2.45, 2.75) is 59.9 Å². The third kappa shape index (κ3) is 3.48. The standard InChI is InChI=1S/C21H29N3O2/c1-13-11-17(18-7-6-8-19(18)21(13)26-5)12-20-14(2)23-24(15(20)3)10-9-22-16(4)25/h11H,6-10,12H2,1-5H3,(H,22,25). The minimum Gasteiger partial charge on any atom is -0.496 e. The highest BCUT2D eigenvalue weighted by molar-refractivity contribution is 5.72. The predicted molar refractivity (Wildman–Crippen MR) is 103 cm³/mol. The zero-order chi connectivity index (χ0) is 18.8. The van der Waals surface area contributed by atoms with Crippen LogP contribution in [0.15, 0.2) is 6.07 Å². The van der Waals surface area contributed by atoms with E-state index in [2.05, 4.69) is 32.2 Å². The largest absolute Gasteiger partial charge is 0.496 e. The van der Waals surface area contributed by atoms with Gasteiger partial charge >= 0.3 is 0 Å². The fourth-order valence-corrected chi connectivity index (χ4v) is 4.18. The van der Waals surface area contributed by atoms with Gasteiger partial charge < -0.3 is 10.1 Å². The number of hydrogen-bond acceptors (Lipinski definition) is 3. The number of aryl methyl sites for hydroxylation is 2. The lowest BCUT2D eigenvalue weighted by Gasteiger charge is -2.16. The summed E-state index contributed by atoms with van der Waals surface area (Å²) in [5, 5.41) is 7.53. The number of ether oxygens (including phenoxy) is 1. The van der Waals surface area contributed by atoms with E-state index in [4.69, 9.17) is 9.84 Å². The minimum absolute atomic E-state index is 0.00368. The van der Waals surface area contributed by atoms with Crippen molar-refractivity contribution in [1.82, 2.24) is 15.1 Å². The monoisotopic (exact) mass is 355 g/mol. The number of methoxy groups -OCH3 is 1. The van der Waals surface area contributed by atoms with E-state index in [1.165, 1.54) is 39.9 Å². The Morgan fingerprint density at radius 1 is 1.27 bits per heavy atom. The van der Waals surface area contributed by atoms with Crippen LogP contribution in [0.5, 0.6) is 5.75 Å². The van der Waals surface area contributed by atoms with Crippen molar-refractivity contribution in [1.29, 1.82) is 0 Å². The Hall–Kier alpha value is -2.30. The number of hydrogen-bond donors (Lipinski definition) is 1. The first-order valence-corrected chi connectivity index (χ1v) is 9.38. The average molecular weight is 355 g/mol. The average Bonchev–Trinajstić information content (AvgIpc) is 3.16. The smallest absolute Gasteiger partial charge is 0.216 e. The molecular formula is C21H29N3O2. The zero-order valence-electron chi connectivity index (χ0n) is 16.5. The third-order valence-corrected chi connectivity index (χ3v) is 5.43. The van der Waals surface area contributed by atoms with Gasteiger partial charge in [0.15, 0.2) is 0 Å². The zero-order valence-corrected chi connectivity index (χ0v) is 16.5. The number of carbonyl (C=O) groups excluding carboxylic acids is 1. The van der Waals surface area contributed by atoms with Crippen LogP contribution >= 0.6 is 0 Å². The summed E-state index contributed by atoms with van der Waals surface area (Å²) in [5.41, 5.74) is 9.05. The molecule has 1 N–H and O–H groups in total. The van der Waals surface area contributed by atoms with Crippen LogP contribution in [0.3, 0.4) is 0 Å². The molecule has 3 rings (SSSR count). The molecule has 0 atom stereocenters. The molecule has 0 saturated heterocycles. The quantitative estimate of drug-likeness (QED) is 0.866. The number of fused-ring (bicyclic) bond motifs is 1. The number of carbonyl (C=O) groups is 1. The van der Waals surface area contributed by atoms with Crippen LogP contribution in [0.4, 0.5) is 0 Å². The van der Waals surface area contributed by atoms with E-state index in [1.54, 1.807) is 14.0 Å². The molecule has 26 heavy (non-hydrogen) atoms. The van der Waals surface area contributed by atoms with Crippen molar-refractivity contribution in [3.8, 4) is 5.75 Å². The minimum atomic E-state index is -0.00368. The van der Waals surface area contributed by atoms with Crippen LogP contribution in [0.25, 0.3) is 0 Å². The van der Waals surface area contributed by atoms with Gasteiger partial charge in [-0.1, -0.05) is 6.07 Å². The van der Waals surface area contributed by atoms with E-state index in [0.717, 1.165) is 30.7 Å². The number of aromatic nitrogens is 2. The second-order valence-electron chi connectivity index (χ2n) is 7.23. The molecule has 0 fully saturated rings. The summed E-state index contributed by atoms with van der Waals surface area (Å²) >= 11 is 0. The van der Waals surface area contributed by atoms with Crippen molar-refractivity contribution in [2.24, 2.45) is 0 Å². The van der Waals surface area contributed by atoms with Crippen molar-refractivity contribution >= 4 is 5.91 Å². The molecule has 1 aromatic heterocycles. The van der Waals surface area contributed by atoms with Crippen LogP contribution in [0.2, 0.25) is 0 Å². The third-order valence-electron chi connectivity index (χ3n) is 5.43. The summed E-state index contributed by atoms with van der Waals surface area (Å²) in [4.78, 5) is 11.1. The molecule has 1 heterocycles. The summed E-state index contributed by atoms with van der Waals surface area (Å²) in [6, 6.07) is 2.29. The Balaban J connectivity index is 1.88. The van der Waals surface area contributed by atoms with Gasteiger partial charge in [-0.05, 0) is 62.3 Å². The Kier molecular flexibility index (Phi) is 5.35. The number of amides is 1.